The van der Waals surface area contributed by atoms with Crippen molar-refractivity contribution in [3.63, 3.8) is 0 Å². The minimum atomic E-state index is -0.297. The molecule has 3 aromatic rings. The van der Waals surface area contributed by atoms with Gasteiger partial charge in [0.25, 0.3) is 11.8 Å². The number of ether oxygens (including phenoxy) is 1. The van der Waals surface area contributed by atoms with E-state index in [-0.39, 0.29) is 18.4 Å². The molecule has 2 amide bonds. The SMILES string of the molecule is C#CC(=O)N1CCN(c2ccc(-c3cc(OCC(=O)NC)cn4ncc(C#N)c34)cn2)CC1. The van der Waals surface area contributed by atoms with E-state index in [1.165, 1.54) is 13.2 Å². The van der Waals surface area contributed by atoms with E-state index in [0.29, 0.717) is 48.6 Å². The summed E-state index contributed by atoms with van der Waals surface area (Å²) in [4.78, 5) is 31.6. The predicted molar refractivity (Wildman–Crippen MR) is 120 cm³/mol. The van der Waals surface area contributed by atoms with Crippen LogP contribution in [0.2, 0.25) is 0 Å². The van der Waals surface area contributed by atoms with Crippen LogP contribution in [0.1, 0.15) is 5.56 Å². The molecule has 0 saturated carbocycles. The normalized spacial score (nSPS) is 13.3. The zero-order valence-corrected chi connectivity index (χ0v) is 18.0. The van der Waals surface area contributed by atoms with Gasteiger partial charge in [-0.1, -0.05) is 0 Å². The smallest absolute Gasteiger partial charge is 0.298 e. The lowest BCUT2D eigenvalue weighted by atomic mass is 10.1. The van der Waals surface area contributed by atoms with Crippen LogP contribution in [-0.2, 0) is 9.59 Å². The van der Waals surface area contributed by atoms with E-state index in [4.69, 9.17) is 11.2 Å². The van der Waals surface area contributed by atoms with Crippen LogP contribution in [0.5, 0.6) is 5.75 Å². The van der Waals surface area contributed by atoms with Crippen LogP contribution in [0.15, 0.2) is 36.8 Å². The average Bonchev–Trinajstić information content (AvgIpc) is 3.29. The van der Waals surface area contributed by atoms with Gasteiger partial charge in [-0.3, -0.25) is 9.59 Å². The number of nitrogens with zero attached hydrogens (tertiary/aromatic N) is 6. The number of carbonyl (C=O) groups is 2. The number of fused-ring (bicyclic) bond motifs is 1. The molecule has 10 heteroatoms. The summed E-state index contributed by atoms with van der Waals surface area (Å²) in [6.45, 7) is 2.21. The summed E-state index contributed by atoms with van der Waals surface area (Å²) in [6, 6.07) is 7.73. The maximum atomic E-state index is 11.7. The molecule has 3 aromatic heterocycles. The van der Waals surface area contributed by atoms with Gasteiger partial charge in [-0.2, -0.15) is 10.4 Å². The van der Waals surface area contributed by atoms with Gasteiger partial charge in [0.1, 0.15) is 17.6 Å². The van der Waals surface area contributed by atoms with Crippen molar-refractivity contribution >= 4 is 23.1 Å². The Balaban J connectivity index is 1.61. The van der Waals surface area contributed by atoms with Gasteiger partial charge >= 0.3 is 0 Å². The minimum Gasteiger partial charge on any atom is -0.482 e. The molecule has 0 aliphatic carbocycles. The van der Waals surface area contributed by atoms with E-state index in [1.54, 1.807) is 27.9 Å². The molecule has 1 fully saturated rings. The number of terminal acetylenes is 1. The van der Waals surface area contributed by atoms with Crippen molar-refractivity contribution in [1.29, 1.82) is 5.26 Å². The fourth-order valence-electron chi connectivity index (χ4n) is 3.66. The summed E-state index contributed by atoms with van der Waals surface area (Å²) >= 11 is 0. The Hall–Kier alpha value is -4.57. The van der Waals surface area contributed by atoms with Crippen molar-refractivity contribution in [3.8, 4) is 35.3 Å². The molecular formula is C23H21N7O3. The monoisotopic (exact) mass is 443 g/mol. The number of likely N-dealkylation sites (N-methyl/N-ethyl adjacent to an activating group) is 1. The number of aromatic nitrogens is 3. The molecule has 4 heterocycles. The molecule has 1 saturated heterocycles. The second-order valence-electron chi connectivity index (χ2n) is 7.34. The van der Waals surface area contributed by atoms with Crippen LogP contribution < -0.4 is 15.0 Å². The highest BCUT2D eigenvalue weighted by molar-refractivity contribution is 5.93. The van der Waals surface area contributed by atoms with Crippen LogP contribution in [0, 0.1) is 23.7 Å². The first-order valence-electron chi connectivity index (χ1n) is 10.3. The summed E-state index contributed by atoms with van der Waals surface area (Å²) in [5.41, 5.74) is 2.52. The summed E-state index contributed by atoms with van der Waals surface area (Å²) in [5.74, 6) is 2.81. The quantitative estimate of drug-likeness (QED) is 0.577. The zero-order chi connectivity index (χ0) is 23.4. The van der Waals surface area contributed by atoms with Gasteiger partial charge in [-0.25, -0.2) is 9.50 Å². The van der Waals surface area contributed by atoms with E-state index in [1.807, 2.05) is 12.1 Å². The highest BCUT2D eigenvalue weighted by Crippen LogP contribution is 2.31. The molecule has 4 rings (SSSR count). The van der Waals surface area contributed by atoms with Gasteiger partial charge < -0.3 is 19.9 Å². The van der Waals surface area contributed by atoms with Gasteiger partial charge in [-0.15, -0.1) is 6.42 Å². The number of pyridine rings is 2. The molecule has 33 heavy (non-hydrogen) atoms. The molecule has 0 radical (unpaired) electrons. The van der Waals surface area contributed by atoms with Crippen molar-refractivity contribution in [3.05, 3.63) is 42.4 Å². The molecule has 0 unspecified atom stereocenters. The molecule has 0 bridgehead atoms. The Morgan fingerprint density at radius 3 is 2.67 bits per heavy atom. The number of hydrogen-bond acceptors (Lipinski definition) is 7. The minimum absolute atomic E-state index is 0.140. The Kier molecular flexibility index (Phi) is 6.09. The number of carbonyl (C=O) groups excluding carboxylic acids is 2. The van der Waals surface area contributed by atoms with E-state index >= 15 is 0 Å². The molecule has 1 aliphatic rings. The van der Waals surface area contributed by atoms with E-state index in [0.717, 1.165) is 11.4 Å². The molecule has 0 aromatic carbocycles. The second-order valence-corrected chi connectivity index (χ2v) is 7.34. The van der Waals surface area contributed by atoms with Crippen molar-refractivity contribution < 1.29 is 14.3 Å². The molecule has 1 aliphatic heterocycles. The lowest BCUT2D eigenvalue weighted by Crippen LogP contribution is -2.48. The standard InChI is InChI=1S/C23H21N7O3/c1-3-22(32)29-8-6-28(7-9-29)20-5-4-16(12-26-20)19-10-18(33-15-21(31)25-2)14-30-23(19)17(11-24)13-27-30/h1,4-5,10,12-14H,6-9,15H2,2H3,(H,25,31). The Morgan fingerprint density at radius 2 is 2.03 bits per heavy atom. The Bertz CT molecular complexity index is 1280. The van der Waals surface area contributed by atoms with E-state index in [2.05, 4.69) is 32.3 Å². The lowest BCUT2D eigenvalue weighted by Gasteiger charge is -2.34. The third-order valence-electron chi connectivity index (χ3n) is 5.43. The van der Waals surface area contributed by atoms with Crippen molar-refractivity contribution in [2.75, 3.05) is 44.7 Å². The highest BCUT2D eigenvalue weighted by atomic mass is 16.5. The number of nitrogens with one attached hydrogen (secondary N) is 1. The number of amides is 2. The van der Waals surface area contributed by atoms with Gasteiger partial charge in [-0.05, 0) is 24.1 Å². The first-order valence-corrected chi connectivity index (χ1v) is 10.3. The number of piperazine rings is 1. The van der Waals surface area contributed by atoms with Crippen molar-refractivity contribution in [2.24, 2.45) is 0 Å². The average molecular weight is 443 g/mol. The lowest BCUT2D eigenvalue weighted by molar-refractivity contribution is -0.125. The molecule has 0 atom stereocenters. The molecule has 10 nitrogen and oxygen atoms in total. The van der Waals surface area contributed by atoms with E-state index < -0.39 is 0 Å². The fraction of sp³-hybridized carbons (Fsp3) is 0.261. The van der Waals surface area contributed by atoms with Gasteiger partial charge in [0, 0.05) is 50.6 Å². The zero-order valence-electron chi connectivity index (χ0n) is 18.0. The van der Waals surface area contributed by atoms with Crippen molar-refractivity contribution in [2.45, 2.75) is 0 Å². The third kappa shape index (κ3) is 4.41. The number of rotatable bonds is 5. The van der Waals surface area contributed by atoms with Gasteiger partial charge in [0.05, 0.1) is 23.5 Å². The maximum Gasteiger partial charge on any atom is 0.298 e. The van der Waals surface area contributed by atoms with Crippen LogP contribution in [0.4, 0.5) is 5.82 Å². The molecule has 166 valence electrons. The summed E-state index contributed by atoms with van der Waals surface area (Å²) in [7, 11) is 1.53. The molecular weight excluding hydrogens is 422 g/mol. The first kappa shape index (κ1) is 21.7. The topological polar surface area (TPSA) is 116 Å². The third-order valence-corrected chi connectivity index (χ3v) is 5.43. The molecule has 0 spiro atoms. The number of nitriles is 1. The second kappa shape index (κ2) is 9.28. The Labute approximate surface area is 190 Å². The number of anilines is 1. The van der Waals surface area contributed by atoms with Crippen LogP contribution >= 0.6 is 0 Å². The number of hydrogen-bond donors (Lipinski definition) is 1. The maximum absolute atomic E-state index is 11.7. The van der Waals surface area contributed by atoms with E-state index in [9.17, 15) is 14.9 Å². The fourth-order valence-corrected chi connectivity index (χ4v) is 3.66. The predicted octanol–water partition coefficient (Wildman–Crippen LogP) is 0.675. The molecule has 1 N–H and O–H groups in total. The van der Waals surface area contributed by atoms with Crippen molar-refractivity contribution in [1.82, 2.24) is 24.8 Å². The van der Waals surface area contributed by atoms with Crippen LogP contribution in [-0.4, -0.2) is 71.1 Å². The summed E-state index contributed by atoms with van der Waals surface area (Å²) in [5, 5.41) is 16.3. The summed E-state index contributed by atoms with van der Waals surface area (Å²) < 4.78 is 7.16. The van der Waals surface area contributed by atoms with Gasteiger partial charge in [0.2, 0.25) is 0 Å². The summed E-state index contributed by atoms with van der Waals surface area (Å²) in [6.07, 6.45) is 10.0. The Morgan fingerprint density at radius 1 is 1.24 bits per heavy atom. The largest absolute Gasteiger partial charge is 0.482 e. The van der Waals surface area contributed by atoms with Crippen LogP contribution in [0.25, 0.3) is 16.6 Å². The van der Waals surface area contributed by atoms with Crippen LogP contribution in [0.3, 0.4) is 0 Å². The van der Waals surface area contributed by atoms with Gasteiger partial charge in [0.15, 0.2) is 6.61 Å². The highest BCUT2D eigenvalue weighted by Gasteiger charge is 2.21. The first-order chi connectivity index (χ1) is 16.0.